The van der Waals surface area contributed by atoms with E-state index >= 15 is 0 Å². The number of anilines is 1. The molecule has 0 radical (unpaired) electrons. The summed E-state index contributed by atoms with van der Waals surface area (Å²) in [5, 5.41) is 3.50. The molecular formula is C14H15ClN4O. The highest BCUT2D eigenvalue weighted by Crippen LogP contribution is 2.17. The Hall–Kier alpha value is -2.11. The van der Waals surface area contributed by atoms with E-state index in [1.54, 1.807) is 18.2 Å². The number of carbonyl (C=O) groups is 1. The van der Waals surface area contributed by atoms with Gasteiger partial charge < -0.3 is 10.7 Å². The third kappa shape index (κ3) is 3.46. The minimum Gasteiger partial charge on any atom is -0.344 e. The van der Waals surface area contributed by atoms with Crippen LogP contribution in [0.2, 0.25) is 5.02 Å². The van der Waals surface area contributed by atoms with E-state index in [9.17, 15) is 4.79 Å². The molecule has 2 rings (SSSR count). The van der Waals surface area contributed by atoms with Gasteiger partial charge in [-0.1, -0.05) is 23.7 Å². The number of aromatic nitrogens is 1. The van der Waals surface area contributed by atoms with E-state index in [0.29, 0.717) is 16.4 Å². The second-order valence-electron chi connectivity index (χ2n) is 4.32. The van der Waals surface area contributed by atoms with Crippen molar-refractivity contribution in [3.63, 3.8) is 0 Å². The summed E-state index contributed by atoms with van der Waals surface area (Å²) in [6.45, 7) is 1.88. The van der Waals surface area contributed by atoms with Gasteiger partial charge in [0.05, 0.1) is 11.7 Å². The quantitative estimate of drug-likeness (QED) is 0.597. The van der Waals surface area contributed by atoms with Gasteiger partial charge in [-0.05, 0) is 36.8 Å². The number of halogens is 1. The fourth-order valence-corrected chi connectivity index (χ4v) is 1.97. The van der Waals surface area contributed by atoms with Gasteiger partial charge in [-0.15, -0.1) is 0 Å². The smallest absolute Gasteiger partial charge is 0.270 e. The van der Waals surface area contributed by atoms with E-state index in [2.05, 4.69) is 15.7 Å². The van der Waals surface area contributed by atoms with Crippen LogP contribution in [-0.2, 0) is 0 Å². The molecule has 6 heteroatoms. The Labute approximate surface area is 122 Å². The lowest BCUT2D eigenvalue weighted by molar-refractivity contribution is 0.0935. The van der Waals surface area contributed by atoms with Crippen LogP contribution in [0, 0.1) is 0 Å². The number of pyridine rings is 1. The molecule has 1 aromatic heterocycles. The fraction of sp³-hybridized carbons (Fsp3) is 0.143. The van der Waals surface area contributed by atoms with Crippen molar-refractivity contribution in [2.24, 2.45) is 5.84 Å². The number of carbonyl (C=O) groups excluding carboxylic acids is 1. The second kappa shape index (κ2) is 6.36. The van der Waals surface area contributed by atoms with Gasteiger partial charge in [0.1, 0.15) is 5.69 Å². The van der Waals surface area contributed by atoms with E-state index in [0.717, 1.165) is 5.56 Å². The molecule has 0 aliphatic rings. The van der Waals surface area contributed by atoms with Crippen LogP contribution in [0.4, 0.5) is 5.69 Å². The number of benzene rings is 1. The van der Waals surface area contributed by atoms with Crippen LogP contribution < -0.4 is 16.6 Å². The number of rotatable bonds is 4. The maximum Gasteiger partial charge on any atom is 0.270 e. The van der Waals surface area contributed by atoms with E-state index in [-0.39, 0.29) is 11.9 Å². The van der Waals surface area contributed by atoms with Gasteiger partial charge >= 0.3 is 0 Å². The molecule has 20 heavy (non-hydrogen) atoms. The minimum atomic E-state index is -0.269. The predicted molar refractivity (Wildman–Crippen MR) is 79.4 cm³/mol. The molecule has 4 N–H and O–H groups in total. The monoisotopic (exact) mass is 290 g/mol. The average molecular weight is 291 g/mol. The Morgan fingerprint density at radius 3 is 2.85 bits per heavy atom. The van der Waals surface area contributed by atoms with Gasteiger partial charge in [0, 0.05) is 11.2 Å². The molecule has 0 spiro atoms. The SMILES string of the molecule is CC(NC(=O)c1cc(NN)ccn1)c1cccc(Cl)c1. The highest BCUT2D eigenvalue weighted by Gasteiger charge is 2.13. The van der Waals surface area contributed by atoms with Crippen LogP contribution >= 0.6 is 11.6 Å². The number of nitrogens with zero attached hydrogens (tertiary/aromatic N) is 1. The van der Waals surface area contributed by atoms with Crippen molar-refractivity contribution in [3.8, 4) is 0 Å². The van der Waals surface area contributed by atoms with Crippen LogP contribution in [0.15, 0.2) is 42.6 Å². The first-order chi connectivity index (χ1) is 9.60. The summed E-state index contributed by atoms with van der Waals surface area (Å²) in [7, 11) is 0. The first-order valence-corrected chi connectivity index (χ1v) is 6.47. The van der Waals surface area contributed by atoms with Crippen LogP contribution in [0.5, 0.6) is 0 Å². The van der Waals surface area contributed by atoms with Gasteiger partial charge in [-0.25, -0.2) is 0 Å². The van der Waals surface area contributed by atoms with Crippen molar-refractivity contribution in [2.45, 2.75) is 13.0 Å². The highest BCUT2D eigenvalue weighted by atomic mass is 35.5. The molecule has 1 aromatic carbocycles. The Morgan fingerprint density at radius 2 is 2.15 bits per heavy atom. The van der Waals surface area contributed by atoms with Gasteiger partial charge in [-0.3, -0.25) is 15.6 Å². The van der Waals surface area contributed by atoms with Crippen molar-refractivity contribution >= 4 is 23.2 Å². The summed E-state index contributed by atoms with van der Waals surface area (Å²) in [5.74, 6) is 5.03. The van der Waals surface area contributed by atoms with E-state index in [4.69, 9.17) is 17.4 Å². The zero-order valence-corrected chi connectivity index (χ0v) is 11.7. The fourth-order valence-electron chi connectivity index (χ4n) is 1.77. The van der Waals surface area contributed by atoms with Gasteiger partial charge in [0.2, 0.25) is 0 Å². The standard InChI is InChI=1S/C14H15ClN4O/c1-9(10-3-2-4-11(15)7-10)18-14(20)13-8-12(19-16)5-6-17-13/h2-9H,16H2,1H3,(H,17,19)(H,18,20). The summed E-state index contributed by atoms with van der Waals surface area (Å²) < 4.78 is 0. The summed E-state index contributed by atoms with van der Waals surface area (Å²) in [4.78, 5) is 16.1. The van der Waals surface area contributed by atoms with Crippen molar-refractivity contribution in [3.05, 3.63) is 58.9 Å². The van der Waals surface area contributed by atoms with E-state index in [1.807, 2.05) is 25.1 Å². The number of nitrogens with two attached hydrogens (primary N) is 1. The number of hydrazine groups is 1. The molecule has 1 atom stereocenters. The number of hydrogen-bond acceptors (Lipinski definition) is 4. The molecule has 0 saturated heterocycles. The third-order valence-electron chi connectivity index (χ3n) is 2.86. The molecule has 0 aliphatic heterocycles. The van der Waals surface area contributed by atoms with Crippen molar-refractivity contribution in [1.29, 1.82) is 0 Å². The van der Waals surface area contributed by atoms with E-state index in [1.165, 1.54) is 6.20 Å². The van der Waals surface area contributed by atoms with Crippen LogP contribution in [-0.4, -0.2) is 10.9 Å². The lowest BCUT2D eigenvalue weighted by Crippen LogP contribution is -2.27. The largest absolute Gasteiger partial charge is 0.344 e. The summed E-state index contributed by atoms with van der Waals surface area (Å²) >= 11 is 5.93. The first-order valence-electron chi connectivity index (χ1n) is 6.09. The first kappa shape index (κ1) is 14.3. The molecule has 2 aromatic rings. The zero-order valence-electron chi connectivity index (χ0n) is 10.9. The van der Waals surface area contributed by atoms with Crippen LogP contribution in [0.25, 0.3) is 0 Å². The molecule has 1 unspecified atom stereocenters. The van der Waals surface area contributed by atoms with Crippen molar-refractivity contribution < 1.29 is 4.79 Å². The zero-order chi connectivity index (χ0) is 14.5. The molecule has 1 amide bonds. The predicted octanol–water partition coefficient (Wildman–Crippen LogP) is 2.51. The van der Waals surface area contributed by atoms with Crippen LogP contribution in [0.3, 0.4) is 0 Å². The lowest BCUT2D eigenvalue weighted by Gasteiger charge is -2.14. The van der Waals surface area contributed by atoms with E-state index < -0.39 is 0 Å². The highest BCUT2D eigenvalue weighted by molar-refractivity contribution is 6.30. The number of nitrogen functional groups attached to an aromatic ring is 1. The van der Waals surface area contributed by atoms with Gasteiger partial charge in [0.25, 0.3) is 5.91 Å². The van der Waals surface area contributed by atoms with Crippen molar-refractivity contribution in [2.75, 3.05) is 5.43 Å². The average Bonchev–Trinajstić information content (AvgIpc) is 2.47. The van der Waals surface area contributed by atoms with Crippen LogP contribution in [0.1, 0.15) is 29.0 Å². The maximum atomic E-state index is 12.1. The Bertz CT molecular complexity index is 618. The topological polar surface area (TPSA) is 80.0 Å². The molecule has 0 fully saturated rings. The Kier molecular flexibility index (Phi) is 4.55. The third-order valence-corrected chi connectivity index (χ3v) is 3.09. The minimum absolute atomic E-state index is 0.169. The molecule has 0 aliphatic carbocycles. The lowest BCUT2D eigenvalue weighted by atomic mass is 10.1. The van der Waals surface area contributed by atoms with Crippen molar-refractivity contribution in [1.82, 2.24) is 10.3 Å². The number of hydrogen-bond donors (Lipinski definition) is 3. The molecule has 0 bridgehead atoms. The number of nitrogens with one attached hydrogen (secondary N) is 2. The Balaban J connectivity index is 2.10. The molecule has 0 saturated carbocycles. The summed E-state index contributed by atoms with van der Waals surface area (Å²) in [5.41, 5.74) is 4.33. The Morgan fingerprint density at radius 1 is 1.35 bits per heavy atom. The normalized spacial score (nSPS) is 11.8. The molecule has 5 nitrogen and oxygen atoms in total. The molecule has 1 heterocycles. The molecule has 104 valence electrons. The van der Waals surface area contributed by atoms with Gasteiger partial charge in [-0.2, -0.15) is 0 Å². The maximum absolute atomic E-state index is 12.1. The molecular weight excluding hydrogens is 276 g/mol. The summed E-state index contributed by atoms with van der Waals surface area (Å²) in [6.07, 6.45) is 1.52. The second-order valence-corrected chi connectivity index (χ2v) is 4.76. The summed E-state index contributed by atoms with van der Waals surface area (Å²) in [6, 6.07) is 10.4. The van der Waals surface area contributed by atoms with Gasteiger partial charge in [0.15, 0.2) is 0 Å². The number of amides is 1.